The van der Waals surface area contributed by atoms with Crippen LogP contribution in [0.5, 0.6) is 5.75 Å². The number of hydrogen-bond donors (Lipinski definition) is 2. The third-order valence-electron chi connectivity index (χ3n) is 4.56. The van der Waals surface area contributed by atoms with Gasteiger partial charge < -0.3 is 16.2 Å². The van der Waals surface area contributed by atoms with Crippen molar-refractivity contribution in [3.63, 3.8) is 0 Å². The van der Waals surface area contributed by atoms with Crippen molar-refractivity contribution in [3.05, 3.63) is 29.8 Å². The molecule has 0 saturated carbocycles. The van der Waals surface area contributed by atoms with Gasteiger partial charge in [-0.1, -0.05) is 13.0 Å². The fourth-order valence-electron chi connectivity index (χ4n) is 3.44. The van der Waals surface area contributed by atoms with Crippen LogP contribution in [0.2, 0.25) is 0 Å². The summed E-state index contributed by atoms with van der Waals surface area (Å²) in [5.74, 6) is 1.42. The zero-order chi connectivity index (χ0) is 17.1. The van der Waals surface area contributed by atoms with E-state index in [4.69, 9.17) is 20.8 Å². The Bertz CT molecular complexity index is 1150. The highest BCUT2D eigenvalue weighted by molar-refractivity contribution is 6.00. The highest BCUT2D eigenvalue weighted by atomic mass is 16.6. The van der Waals surface area contributed by atoms with Crippen molar-refractivity contribution in [2.45, 2.75) is 12.8 Å². The van der Waals surface area contributed by atoms with Gasteiger partial charge in [0.1, 0.15) is 22.6 Å². The average Bonchev–Trinajstić information content (AvgIpc) is 3.19. The smallest absolute Gasteiger partial charge is 0.222 e. The maximum Gasteiger partial charge on any atom is 0.222 e. The van der Waals surface area contributed by atoms with Crippen molar-refractivity contribution >= 4 is 33.7 Å². The van der Waals surface area contributed by atoms with Gasteiger partial charge in [0.2, 0.25) is 5.95 Å². The van der Waals surface area contributed by atoms with E-state index in [0.717, 1.165) is 22.4 Å². The van der Waals surface area contributed by atoms with Gasteiger partial charge in [-0.15, -0.1) is 0 Å². The van der Waals surface area contributed by atoms with Gasteiger partial charge in [0, 0.05) is 11.5 Å². The average molecular weight is 334 g/mol. The van der Waals surface area contributed by atoms with Crippen LogP contribution in [0.4, 0.5) is 11.8 Å². The highest BCUT2D eigenvalue weighted by Gasteiger charge is 2.29. The minimum Gasteiger partial charge on any atom is -0.492 e. The van der Waals surface area contributed by atoms with E-state index in [1.54, 1.807) is 0 Å². The van der Waals surface area contributed by atoms with E-state index in [1.807, 2.05) is 24.3 Å². The number of rotatable bonds is 1. The molecule has 8 heteroatoms. The first-order valence-electron chi connectivity index (χ1n) is 7.87. The Labute approximate surface area is 141 Å². The second kappa shape index (κ2) is 4.79. The highest BCUT2D eigenvalue weighted by Crippen LogP contribution is 2.47. The number of anilines is 2. The number of fused-ring (bicyclic) bond motifs is 4. The Morgan fingerprint density at radius 2 is 1.88 bits per heavy atom. The first kappa shape index (κ1) is 14.0. The van der Waals surface area contributed by atoms with Crippen LogP contribution in [0, 0.1) is 0 Å². The standard InChI is InChI=1S/C17H14N6O2/c1-7-6-24-15-13(7)9(5-12-14(15)16(18)21-17(19)20-12)8-2-3-10-11(4-8)23-25-22-10/h2-5,7H,6H2,1H3,(H4,18,19,20,21). The fraction of sp³-hybridized carbons (Fsp3) is 0.176. The molecule has 0 bridgehead atoms. The van der Waals surface area contributed by atoms with Crippen LogP contribution in [-0.4, -0.2) is 26.9 Å². The Kier molecular flexibility index (Phi) is 2.68. The van der Waals surface area contributed by atoms with Crippen LogP contribution >= 0.6 is 0 Å². The summed E-state index contributed by atoms with van der Waals surface area (Å²) in [6, 6.07) is 7.77. The maximum atomic E-state index is 6.08. The van der Waals surface area contributed by atoms with Crippen molar-refractivity contribution in [3.8, 4) is 16.9 Å². The summed E-state index contributed by atoms with van der Waals surface area (Å²) in [7, 11) is 0. The molecule has 0 fully saturated rings. The molecule has 8 nitrogen and oxygen atoms in total. The third-order valence-corrected chi connectivity index (χ3v) is 4.56. The summed E-state index contributed by atoms with van der Waals surface area (Å²) in [6.45, 7) is 2.70. The summed E-state index contributed by atoms with van der Waals surface area (Å²) < 4.78 is 10.7. The number of nitrogens with zero attached hydrogens (tertiary/aromatic N) is 4. The quantitative estimate of drug-likeness (QED) is 0.543. The van der Waals surface area contributed by atoms with E-state index in [2.05, 4.69) is 27.2 Å². The first-order valence-corrected chi connectivity index (χ1v) is 7.87. The zero-order valence-electron chi connectivity index (χ0n) is 13.4. The molecule has 2 aromatic carbocycles. The van der Waals surface area contributed by atoms with Gasteiger partial charge in [-0.3, -0.25) is 0 Å². The molecule has 1 aliphatic heterocycles. The lowest BCUT2D eigenvalue weighted by molar-refractivity contribution is 0.315. The minimum absolute atomic E-state index is 0.137. The molecular weight excluding hydrogens is 320 g/mol. The molecule has 0 aliphatic carbocycles. The van der Waals surface area contributed by atoms with Crippen molar-refractivity contribution < 1.29 is 9.37 Å². The molecule has 4 N–H and O–H groups in total. The molecule has 5 rings (SSSR count). The summed E-state index contributed by atoms with van der Waals surface area (Å²) >= 11 is 0. The lowest BCUT2D eigenvalue weighted by Crippen LogP contribution is -2.02. The number of aromatic nitrogens is 4. The van der Waals surface area contributed by atoms with Gasteiger partial charge in [0.25, 0.3) is 0 Å². The number of benzene rings is 2. The largest absolute Gasteiger partial charge is 0.492 e. The van der Waals surface area contributed by atoms with Crippen LogP contribution in [-0.2, 0) is 0 Å². The molecule has 2 aromatic heterocycles. The molecule has 3 heterocycles. The lowest BCUT2D eigenvalue weighted by Gasteiger charge is -2.13. The molecule has 0 amide bonds. The molecule has 0 spiro atoms. The van der Waals surface area contributed by atoms with Gasteiger partial charge >= 0.3 is 0 Å². The minimum atomic E-state index is 0.137. The van der Waals surface area contributed by atoms with E-state index in [1.165, 1.54) is 0 Å². The van der Waals surface area contributed by atoms with Crippen molar-refractivity contribution in [2.24, 2.45) is 0 Å². The molecule has 1 atom stereocenters. The van der Waals surface area contributed by atoms with Crippen LogP contribution in [0.15, 0.2) is 28.9 Å². The Morgan fingerprint density at radius 1 is 1.04 bits per heavy atom. The van der Waals surface area contributed by atoms with E-state index >= 15 is 0 Å². The van der Waals surface area contributed by atoms with E-state index in [-0.39, 0.29) is 11.9 Å². The summed E-state index contributed by atoms with van der Waals surface area (Å²) in [6.07, 6.45) is 0. The third kappa shape index (κ3) is 1.94. The molecule has 1 aliphatic rings. The monoisotopic (exact) mass is 334 g/mol. The second-order valence-electron chi connectivity index (χ2n) is 6.21. The van der Waals surface area contributed by atoms with Crippen molar-refractivity contribution in [2.75, 3.05) is 18.1 Å². The molecule has 0 radical (unpaired) electrons. The van der Waals surface area contributed by atoms with Crippen LogP contribution in [0.1, 0.15) is 18.4 Å². The molecular formula is C17H14N6O2. The summed E-state index contributed by atoms with van der Waals surface area (Å²) in [4.78, 5) is 8.41. The molecule has 25 heavy (non-hydrogen) atoms. The lowest BCUT2D eigenvalue weighted by atomic mass is 9.90. The Balaban J connectivity index is 1.87. The van der Waals surface area contributed by atoms with Gasteiger partial charge in [0.15, 0.2) is 0 Å². The first-order chi connectivity index (χ1) is 12.1. The zero-order valence-corrected chi connectivity index (χ0v) is 13.4. The molecule has 124 valence electrons. The van der Waals surface area contributed by atoms with E-state index in [9.17, 15) is 0 Å². The predicted molar refractivity (Wildman–Crippen MR) is 93.1 cm³/mol. The predicted octanol–water partition coefficient (Wildman–Crippen LogP) is 2.49. The molecule has 1 unspecified atom stereocenters. The number of nitrogen functional groups attached to an aromatic ring is 2. The van der Waals surface area contributed by atoms with E-state index < -0.39 is 0 Å². The van der Waals surface area contributed by atoms with Gasteiger partial charge in [-0.25, -0.2) is 9.61 Å². The van der Waals surface area contributed by atoms with Gasteiger partial charge in [-0.2, -0.15) is 4.98 Å². The normalized spacial score (nSPS) is 16.3. The topological polar surface area (TPSA) is 126 Å². The molecule has 0 saturated heterocycles. The van der Waals surface area contributed by atoms with Crippen LogP contribution < -0.4 is 16.2 Å². The van der Waals surface area contributed by atoms with Gasteiger partial charge in [0.05, 0.1) is 17.5 Å². The maximum absolute atomic E-state index is 6.08. The molecule has 4 aromatic rings. The van der Waals surface area contributed by atoms with Crippen LogP contribution in [0.3, 0.4) is 0 Å². The Hall–Kier alpha value is -3.42. The van der Waals surface area contributed by atoms with Crippen molar-refractivity contribution in [1.82, 2.24) is 20.3 Å². The van der Waals surface area contributed by atoms with Gasteiger partial charge in [-0.05, 0) is 39.6 Å². The fourth-order valence-corrected chi connectivity index (χ4v) is 3.44. The summed E-state index contributed by atoms with van der Waals surface area (Å²) in [5, 5.41) is 8.48. The van der Waals surface area contributed by atoms with Crippen molar-refractivity contribution in [1.29, 1.82) is 0 Å². The summed E-state index contributed by atoms with van der Waals surface area (Å²) in [5.41, 5.74) is 17.0. The number of hydrogen-bond acceptors (Lipinski definition) is 8. The van der Waals surface area contributed by atoms with Crippen LogP contribution in [0.25, 0.3) is 33.1 Å². The number of ether oxygens (including phenoxy) is 1. The number of nitrogens with two attached hydrogens (primary N) is 2. The SMILES string of the molecule is CC1COc2c1c(-c1ccc3nonc3c1)cc1nc(N)nc(N)c21. The second-order valence-corrected chi connectivity index (χ2v) is 6.21. The van der Waals surface area contributed by atoms with E-state index in [0.29, 0.717) is 34.4 Å². The Morgan fingerprint density at radius 3 is 2.76 bits per heavy atom.